The summed E-state index contributed by atoms with van der Waals surface area (Å²) in [6, 6.07) is 10.4. The van der Waals surface area contributed by atoms with Crippen molar-refractivity contribution in [1.82, 2.24) is 14.9 Å². The Morgan fingerprint density at radius 2 is 2.08 bits per heavy atom. The van der Waals surface area contributed by atoms with Crippen LogP contribution in [0.3, 0.4) is 0 Å². The summed E-state index contributed by atoms with van der Waals surface area (Å²) in [6.07, 6.45) is 9.45. The molecule has 0 spiro atoms. The molecule has 136 valence electrons. The number of amides is 1. The van der Waals surface area contributed by atoms with E-state index >= 15 is 0 Å². The molecular weight excluding hydrogens is 342 g/mol. The third-order valence-corrected chi connectivity index (χ3v) is 6.26. The van der Waals surface area contributed by atoms with Gasteiger partial charge in [0.05, 0.1) is 10.7 Å². The summed E-state index contributed by atoms with van der Waals surface area (Å²) in [6.45, 7) is 1.45. The molecule has 0 unspecified atom stereocenters. The van der Waals surface area contributed by atoms with Gasteiger partial charge in [-0.05, 0) is 49.6 Å². The highest BCUT2D eigenvalue weighted by molar-refractivity contribution is 7.11. The highest BCUT2D eigenvalue weighted by atomic mass is 32.1. The molecule has 4 nitrogen and oxygen atoms in total. The van der Waals surface area contributed by atoms with Gasteiger partial charge in [0, 0.05) is 42.5 Å². The van der Waals surface area contributed by atoms with Crippen molar-refractivity contribution in [2.24, 2.45) is 0 Å². The largest absolute Gasteiger partial charge is 0.356 e. The highest BCUT2D eigenvalue weighted by Gasteiger charge is 2.14. The first-order chi connectivity index (χ1) is 12.8. The fourth-order valence-electron chi connectivity index (χ4n) is 3.63. The minimum Gasteiger partial charge on any atom is -0.356 e. The first-order valence-corrected chi connectivity index (χ1v) is 10.4. The second-order valence-electron chi connectivity index (χ2n) is 6.96. The number of aryl methyl sites for hydroxylation is 4. The minimum absolute atomic E-state index is 0.126. The van der Waals surface area contributed by atoms with Crippen LogP contribution in [0.2, 0.25) is 0 Å². The van der Waals surface area contributed by atoms with Crippen LogP contribution in [0.5, 0.6) is 0 Å². The van der Waals surface area contributed by atoms with Crippen LogP contribution >= 0.6 is 11.3 Å². The van der Waals surface area contributed by atoms with Gasteiger partial charge in [0.1, 0.15) is 0 Å². The third kappa shape index (κ3) is 3.98. The van der Waals surface area contributed by atoms with Gasteiger partial charge in [0.25, 0.3) is 0 Å². The van der Waals surface area contributed by atoms with Gasteiger partial charge in [-0.1, -0.05) is 18.2 Å². The number of carbonyl (C=O) groups excluding carboxylic acids is 1. The molecule has 0 radical (unpaired) electrons. The Hall–Kier alpha value is -2.14. The van der Waals surface area contributed by atoms with Crippen LogP contribution in [0.1, 0.15) is 41.3 Å². The van der Waals surface area contributed by atoms with Gasteiger partial charge in [0.2, 0.25) is 5.91 Å². The van der Waals surface area contributed by atoms with Gasteiger partial charge < -0.3 is 9.88 Å². The zero-order valence-corrected chi connectivity index (χ0v) is 15.9. The molecule has 2 heterocycles. The van der Waals surface area contributed by atoms with E-state index < -0.39 is 0 Å². The van der Waals surface area contributed by atoms with E-state index in [1.807, 2.05) is 23.5 Å². The average Bonchev–Trinajstić information content (AvgIpc) is 3.27. The van der Waals surface area contributed by atoms with E-state index in [1.165, 1.54) is 45.7 Å². The molecular formula is C21H25N3OS. The van der Waals surface area contributed by atoms with Crippen LogP contribution in [0, 0.1) is 0 Å². The summed E-state index contributed by atoms with van der Waals surface area (Å²) >= 11 is 1.88. The van der Waals surface area contributed by atoms with Crippen molar-refractivity contribution in [1.29, 1.82) is 0 Å². The lowest BCUT2D eigenvalue weighted by Gasteiger charge is -2.07. The number of rotatable bonds is 7. The molecule has 0 fully saturated rings. The summed E-state index contributed by atoms with van der Waals surface area (Å²) in [7, 11) is 0. The normalized spacial score (nSPS) is 13.7. The van der Waals surface area contributed by atoms with Crippen molar-refractivity contribution < 1.29 is 4.79 Å². The third-order valence-electron chi connectivity index (χ3n) is 5.04. The van der Waals surface area contributed by atoms with E-state index in [9.17, 15) is 4.79 Å². The van der Waals surface area contributed by atoms with E-state index in [4.69, 9.17) is 4.98 Å². The molecule has 0 atom stereocenters. The molecule has 0 bridgehead atoms. The summed E-state index contributed by atoms with van der Waals surface area (Å²) in [5.41, 5.74) is 2.52. The van der Waals surface area contributed by atoms with E-state index in [2.05, 4.69) is 34.3 Å². The summed E-state index contributed by atoms with van der Waals surface area (Å²) in [4.78, 5) is 18.4. The van der Waals surface area contributed by atoms with Gasteiger partial charge in [-0.3, -0.25) is 4.79 Å². The first kappa shape index (κ1) is 17.3. The van der Waals surface area contributed by atoms with Crippen LogP contribution in [0.25, 0.3) is 10.9 Å². The lowest BCUT2D eigenvalue weighted by molar-refractivity contribution is -0.121. The zero-order chi connectivity index (χ0) is 17.8. The molecule has 4 rings (SSSR count). The van der Waals surface area contributed by atoms with Crippen molar-refractivity contribution in [2.45, 2.75) is 51.5 Å². The topological polar surface area (TPSA) is 46.9 Å². The van der Waals surface area contributed by atoms with Crippen LogP contribution < -0.4 is 5.32 Å². The predicted molar refractivity (Wildman–Crippen MR) is 107 cm³/mol. The molecule has 1 aromatic carbocycles. The first-order valence-electron chi connectivity index (χ1n) is 9.57. The van der Waals surface area contributed by atoms with E-state index in [-0.39, 0.29) is 5.91 Å². The smallest absolute Gasteiger partial charge is 0.221 e. The zero-order valence-electron chi connectivity index (χ0n) is 15.0. The molecule has 2 aromatic heterocycles. The number of benzene rings is 1. The van der Waals surface area contributed by atoms with Crippen molar-refractivity contribution in [3.8, 4) is 0 Å². The summed E-state index contributed by atoms with van der Waals surface area (Å²) < 4.78 is 2.15. The number of hydrogen-bond acceptors (Lipinski definition) is 3. The van der Waals surface area contributed by atoms with Gasteiger partial charge >= 0.3 is 0 Å². The Kier molecular flexibility index (Phi) is 5.34. The Balaban J connectivity index is 1.19. The van der Waals surface area contributed by atoms with E-state index in [0.29, 0.717) is 6.42 Å². The molecule has 1 N–H and O–H groups in total. The van der Waals surface area contributed by atoms with Gasteiger partial charge in [-0.15, -0.1) is 11.3 Å². The second kappa shape index (κ2) is 8.04. The lowest BCUT2D eigenvalue weighted by Crippen LogP contribution is -2.25. The second-order valence-corrected chi connectivity index (χ2v) is 8.12. The van der Waals surface area contributed by atoms with Gasteiger partial charge in [0.15, 0.2) is 0 Å². The van der Waals surface area contributed by atoms with Crippen LogP contribution in [0.4, 0.5) is 0 Å². The van der Waals surface area contributed by atoms with E-state index in [1.54, 1.807) is 0 Å². The molecule has 26 heavy (non-hydrogen) atoms. The fraction of sp³-hybridized carbons (Fsp3) is 0.429. The van der Waals surface area contributed by atoms with Crippen molar-refractivity contribution in [3.05, 3.63) is 52.1 Å². The maximum atomic E-state index is 12.1. The number of para-hydroxylation sites is 1. The number of fused-ring (bicyclic) bond motifs is 2. The van der Waals surface area contributed by atoms with Gasteiger partial charge in [-0.2, -0.15) is 0 Å². The van der Waals surface area contributed by atoms with Crippen LogP contribution in [0.15, 0.2) is 36.5 Å². The number of nitrogens with one attached hydrogen (secondary N) is 1. The van der Waals surface area contributed by atoms with Crippen molar-refractivity contribution in [2.75, 3.05) is 6.54 Å². The maximum Gasteiger partial charge on any atom is 0.221 e. The number of carbonyl (C=O) groups is 1. The standard InChI is InChI=1S/C21H25N3OS/c25-20(12-15-24-14-11-16-6-1-3-8-18(16)24)22-13-5-10-21-23-17-7-2-4-9-19(17)26-21/h1,3,6,8,11,14H,2,4-5,7,9-10,12-13,15H2,(H,22,25). The molecule has 3 aromatic rings. The van der Waals surface area contributed by atoms with Crippen molar-refractivity contribution in [3.63, 3.8) is 0 Å². The summed E-state index contributed by atoms with van der Waals surface area (Å²) in [5.74, 6) is 0.126. The number of aromatic nitrogens is 2. The molecule has 0 saturated heterocycles. The Labute approximate surface area is 158 Å². The lowest BCUT2D eigenvalue weighted by atomic mass is 10.0. The Morgan fingerprint density at radius 1 is 1.19 bits per heavy atom. The Morgan fingerprint density at radius 3 is 3.00 bits per heavy atom. The molecule has 1 aliphatic rings. The van der Waals surface area contributed by atoms with E-state index in [0.717, 1.165) is 32.4 Å². The monoisotopic (exact) mass is 367 g/mol. The van der Waals surface area contributed by atoms with Gasteiger partial charge in [-0.25, -0.2) is 4.98 Å². The Bertz CT molecular complexity index is 872. The van der Waals surface area contributed by atoms with Crippen LogP contribution in [-0.2, 0) is 30.6 Å². The SMILES string of the molecule is O=C(CCn1ccc2ccccc21)NCCCc1nc2c(s1)CCCC2. The molecule has 5 heteroatoms. The molecule has 0 aliphatic heterocycles. The van der Waals surface area contributed by atoms with Crippen LogP contribution in [-0.4, -0.2) is 22.0 Å². The maximum absolute atomic E-state index is 12.1. The number of thiazole rings is 1. The van der Waals surface area contributed by atoms with Crippen molar-refractivity contribution >= 4 is 28.1 Å². The number of hydrogen-bond donors (Lipinski definition) is 1. The minimum atomic E-state index is 0.126. The highest BCUT2D eigenvalue weighted by Crippen LogP contribution is 2.27. The molecule has 1 amide bonds. The number of nitrogens with zero attached hydrogens (tertiary/aromatic N) is 2. The predicted octanol–water partition coefficient (Wildman–Crippen LogP) is 4.12. The molecule has 1 aliphatic carbocycles. The fourth-order valence-corrected chi connectivity index (χ4v) is 4.82. The molecule has 0 saturated carbocycles. The summed E-state index contributed by atoms with van der Waals surface area (Å²) in [5, 5.41) is 5.51. The average molecular weight is 368 g/mol. The quantitative estimate of drug-likeness (QED) is 0.639.